The first-order valence-electron chi connectivity index (χ1n) is 10.1. The van der Waals surface area contributed by atoms with Gasteiger partial charge in [0.2, 0.25) is 11.8 Å². The molecule has 28 heavy (non-hydrogen) atoms. The van der Waals surface area contributed by atoms with Crippen molar-refractivity contribution in [1.82, 2.24) is 9.80 Å². The van der Waals surface area contributed by atoms with Crippen molar-refractivity contribution in [3.05, 3.63) is 52.7 Å². The molecule has 0 atom stereocenters. The maximum atomic E-state index is 12.9. The van der Waals surface area contributed by atoms with Crippen molar-refractivity contribution < 1.29 is 9.59 Å². The van der Waals surface area contributed by atoms with E-state index in [1.165, 1.54) is 5.69 Å². The first-order chi connectivity index (χ1) is 13.7. The van der Waals surface area contributed by atoms with Crippen molar-refractivity contribution in [3.8, 4) is 0 Å². The molecule has 148 valence electrons. The third-order valence-corrected chi connectivity index (χ3v) is 6.69. The van der Waals surface area contributed by atoms with Crippen LogP contribution in [-0.4, -0.2) is 60.9 Å². The number of anilines is 1. The highest BCUT2D eigenvalue weighted by atomic mass is 32.1. The van der Waals surface area contributed by atoms with Gasteiger partial charge < -0.3 is 14.7 Å². The Labute approximate surface area is 170 Å². The third kappa shape index (κ3) is 4.38. The Morgan fingerprint density at radius 2 is 1.57 bits per heavy atom. The molecule has 2 saturated heterocycles. The van der Waals surface area contributed by atoms with Crippen LogP contribution >= 0.6 is 11.3 Å². The van der Waals surface area contributed by atoms with E-state index in [4.69, 9.17) is 0 Å². The van der Waals surface area contributed by atoms with Crippen LogP contribution in [0.1, 0.15) is 17.7 Å². The van der Waals surface area contributed by atoms with E-state index >= 15 is 0 Å². The first-order valence-corrected chi connectivity index (χ1v) is 11.0. The number of carbonyl (C=O) groups excluding carboxylic acids is 2. The summed E-state index contributed by atoms with van der Waals surface area (Å²) in [7, 11) is 0. The molecular formula is C22H27N3O2S. The number of piperazine rings is 1. The monoisotopic (exact) mass is 397 g/mol. The molecule has 0 aliphatic carbocycles. The lowest BCUT2D eigenvalue weighted by Gasteiger charge is -2.39. The SMILES string of the molecule is O=C(Cc1cccs1)N1CCC(C(=O)N2CCN(c3ccccc3)CC2)CC1. The maximum absolute atomic E-state index is 12.9. The number of nitrogens with zero attached hydrogens (tertiary/aromatic N) is 3. The van der Waals surface area contributed by atoms with Crippen molar-refractivity contribution in [2.75, 3.05) is 44.2 Å². The van der Waals surface area contributed by atoms with Gasteiger partial charge in [-0.1, -0.05) is 24.3 Å². The topological polar surface area (TPSA) is 43.9 Å². The molecule has 1 aromatic carbocycles. The van der Waals surface area contributed by atoms with Crippen LogP contribution in [-0.2, 0) is 16.0 Å². The Bertz CT molecular complexity index is 777. The lowest BCUT2D eigenvalue weighted by Crippen LogP contribution is -2.52. The van der Waals surface area contributed by atoms with Crippen LogP contribution in [0.3, 0.4) is 0 Å². The third-order valence-electron chi connectivity index (χ3n) is 5.82. The second-order valence-corrected chi connectivity index (χ2v) is 8.59. The molecule has 2 aromatic rings. The molecule has 0 radical (unpaired) electrons. The fourth-order valence-corrected chi connectivity index (χ4v) is 4.83. The smallest absolute Gasteiger partial charge is 0.227 e. The average molecular weight is 398 g/mol. The highest BCUT2D eigenvalue weighted by molar-refractivity contribution is 7.10. The fourth-order valence-electron chi connectivity index (χ4n) is 4.13. The summed E-state index contributed by atoms with van der Waals surface area (Å²) in [5, 5.41) is 2.01. The highest BCUT2D eigenvalue weighted by Gasteiger charge is 2.31. The normalized spacial score (nSPS) is 18.4. The number of piperidine rings is 1. The molecule has 4 rings (SSSR count). The Hall–Kier alpha value is -2.34. The Morgan fingerprint density at radius 3 is 2.21 bits per heavy atom. The van der Waals surface area contributed by atoms with E-state index in [9.17, 15) is 9.59 Å². The standard InChI is InChI=1S/C22H27N3O2S/c26-21(17-20-7-4-16-28-20)24-10-8-18(9-11-24)22(27)25-14-12-23(13-15-25)19-5-2-1-3-6-19/h1-7,16,18H,8-15,17H2. The maximum Gasteiger partial charge on any atom is 0.227 e. The zero-order valence-electron chi connectivity index (χ0n) is 16.1. The van der Waals surface area contributed by atoms with E-state index in [0.717, 1.165) is 43.9 Å². The lowest BCUT2D eigenvalue weighted by atomic mass is 9.94. The van der Waals surface area contributed by atoms with Crippen molar-refractivity contribution in [1.29, 1.82) is 0 Å². The summed E-state index contributed by atoms with van der Waals surface area (Å²) in [4.78, 5) is 32.8. The van der Waals surface area contributed by atoms with Crippen LogP contribution in [0.2, 0.25) is 0 Å². The summed E-state index contributed by atoms with van der Waals surface area (Å²) in [6, 6.07) is 14.4. The minimum Gasteiger partial charge on any atom is -0.368 e. The van der Waals surface area contributed by atoms with Crippen LogP contribution in [0.15, 0.2) is 47.8 Å². The zero-order valence-corrected chi connectivity index (χ0v) is 16.9. The number of hydrogen-bond donors (Lipinski definition) is 0. The molecule has 0 unspecified atom stereocenters. The van der Waals surface area contributed by atoms with Gasteiger partial charge in [0.15, 0.2) is 0 Å². The predicted octanol–water partition coefficient (Wildman–Crippen LogP) is 2.88. The zero-order chi connectivity index (χ0) is 19.3. The van der Waals surface area contributed by atoms with E-state index in [0.29, 0.717) is 19.5 Å². The molecular weight excluding hydrogens is 370 g/mol. The number of likely N-dealkylation sites (tertiary alicyclic amines) is 1. The minimum absolute atomic E-state index is 0.0639. The van der Waals surface area contributed by atoms with E-state index in [-0.39, 0.29) is 17.7 Å². The summed E-state index contributed by atoms with van der Waals surface area (Å²) in [5.74, 6) is 0.525. The van der Waals surface area contributed by atoms with Crippen molar-refractivity contribution in [2.45, 2.75) is 19.3 Å². The van der Waals surface area contributed by atoms with Gasteiger partial charge in [0.25, 0.3) is 0 Å². The van der Waals surface area contributed by atoms with Crippen LogP contribution < -0.4 is 4.90 Å². The minimum atomic E-state index is 0.0639. The summed E-state index contributed by atoms with van der Waals surface area (Å²) in [6.07, 6.45) is 2.06. The largest absolute Gasteiger partial charge is 0.368 e. The molecule has 2 aliphatic rings. The predicted molar refractivity (Wildman–Crippen MR) is 113 cm³/mol. The fraction of sp³-hybridized carbons (Fsp3) is 0.455. The molecule has 2 fully saturated rings. The summed E-state index contributed by atoms with van der Waals surface area (Å²) in [5.41, 5.74) is 1.23. The van der Waals surface area contributed by atoms with Crippen LogP contribution in [0, 0.1) is 5.92 Å². The Morgan fingerprint density at radius 1 is 0.857 bits per heavy atom. The number of para-hydroxylation sites is 1. The number of rotatable bonds is 4. The van der Waals surface area contributed by atoms with Crippen LogP contribution in [0.4, 0.5) is 5.69 Å². The molecule has 0 bridgehead atoms. The first kappa shape index (κ1) is 19.0. The number of thiophene rings is 1. The van der Waals surface area contributed by atoms with Crippen molar-refractivity contribution in [3.63, 3.8) is 0 Å². The molecule has 5 nitrogen and oxygen atoms in total. The van der Waals surface area contributed by atoms with E-state index in [2.05, 4.69) is 29.2 Å². The van der Waals surface area contributed by atoms with Gasteiger partial charge in [-0.15, -0.1) is 11.3 Å². The molecule has 2 amide bonds. The van der Waals surface area contributed by atoms with Gasteiger partial charge in [-0.25, -0.2) is 0 Å². The molecule has 0 saturated carbocycles. The number of hydrogen-bond acceptors (Lipinski definition) is 4. The van der Waals surface area contributed by atoms with Crippen LogP contribution in [0.5, 0.6) is 0 Å². The summed E-state index contributed by atoms with van der Waals surface area (Å²) >= 11 is 1.63. The average Bonchev–Trinajstić information content (AvgIpc) is 3.27. The molecule has 6 heteroatoms. The second kappa shape index (κ2) is 8.78. The van der Waals surface area contributed by atoms with Crippen LogP contribution in [0.25, 0.3) is 0 Å². The number of carbonyl (C=O) groups is 2. The summed E-state index contributed by atoms with van der Waals surface area (Å²) in [6.45, 7) is 4.73. The molecule has 1 aromatic heterocycles. The van der Waals surface area contributed by atoms with E-state index in [1.807, 2.05) is 33.4 Å². The van der Waals surface area contributed by atoms with Gasteiger partial charge in [0, 0.05) is 55.8 Å². The lowest BCUT2D eigenvalue weighted by molar-refractivity contribution is -0.140. The van der Waals surface area contributed by atoms with Crippen molar-refractivity contribution >= 4 is 28.8 Å². The highest BCUT2D eigenvalue weighted by Crippen LogP contribution is 2.23. The molecule has 3 heterocycles. The van der Waals surface area contributed by atoms with Gasteiger partial charge in [-0.3, -0.25) is 9.59 Å². The van der Waals surface area contributed by atoms with Gasteiger partial charge in [-0.2, -0.15) is 0 Å². The number of benzene rings is 1. The number of amides is 2. The second-order valence-electron chi connectivity index (χ2n) is 7.56. The van der Waals surface area contributed by atoms with Gasteiger partial charge >= 0.3 is 0 Å². The van der Waals surface area contributed by atoms with E-state index in [1.54, 1.807) is 11.3 Å². The summed E-state index contributed by atoms with van der Waals surface area (Å²) < 4.78 is 0. The Kier molecular flexibility index (Phi) is 5.95. The quantitative estimate of drug-likeness (QED) is 0.797. The molecule has 0 N–H and O–H groups in total. The molecule has 0 spiro atoms. The van der Waals surface area contributed by atoms with Crippen molar-refractivity contribution in [2.24, 2.45) is 5.92 Å². The van der Waals surface area contributed by atoms with E-state index < -0.39 is 0 Å². The molecule has 2 aliphatic heterocycles. The van der Waals surface area contributed by atoms with Gasteiger partial charge in [0.1, 0.15) is 0 Å². The van der Waals surface area contributed by atoms with Gasteiger partial charge in [0.05, 0.1) is 6.42 Å². The Balaban J connectivity index is 1.24. The van der Waals surface area contributed by atoms with Gasteiger partial charge in [-0.05, 0) is 36.4 Å².